The van der Waals surface area contributed by atoms with Crippen LogP contribution in [0, 0.1) is 0 Å². The molecule has 0 saturated carbocycles. The number of rotatable bonds is 4. The van der Waals surface area contributed by atoms with Crippen molar-refractivity contribution in [1.82, 2.24) is 0 Å². The van der Waals surface area contributed by atoms with Gasteiger partial charge in [0.05, 0.1) is 11.3 Å². The molecule has 0 aliphatic heterocycles. The number of carbonyl (C=O) groups is 1. The molecule has 0 aliphatic rings. The van der Waals surface area contributed by atoms with Crippen LogP contribution in [-0.4, -0.2) is 16.9 Å². The number of nitrogens with one attached hydrogen (secondary N) is 1. The van der Waals surface area contributed by atoms with Gasteiger partial charge in [0.1, 0.15) is 5.84 Å². The van der Waals surface area contributed by atoms with E-state index in [0.717, 1.165) is 11.3 Å². The van der Waals surface area contributed by atoms with Crippen LogP contribution >= 0.6 is 0 Å². The molecule has 0 aromatic heterocycles. The predicted molar refractivity (Wildman–Crippen MR) is 101 cm³/mol. The Bertz CT molecular complexity index is 921. The van der Waals surface area contributed by atoms with Crippen molar-refractivity contribution in [3.05, 3.63) is 90.0 Å². The molecule has 3 rings (SSSR count). The molecule has 0 amide bonds. The Labute approximate surface area is 145 Å². The van der Waals surface area contributed by atoms with Crippen LogP contribution in [0.1, 0.15) is 15.9 Å². The summed E-state index contributed by atoms with van der Waals surface area (Å²) in [7, 11) is 0. The molecule has 5 nitrogen and oxygen atoms in total. The minimum absolute atomic E-state index is 0.138. The summed E-state index contributed by atoms with van der Waals surface area (Å²) in [4.78, 5) is 16.0. The standard InChI is InChI=1S/C20H17N3O2/c21-15-8-6-7-14(13-15)19(22-16-9-2-1-3-10-16)23-18-12-5-4-11-17(18)20(24)25/h1-13H,21H2,(H,22,23)(H,24,25). The number of hydrogen-bond donors (Lipinski definition) is 3. The quantitative estimate of drug-likeness (QED) is 0.380. The van der Waals surface area contributed by atoms with E-state index in [4.69, 9.17) is 5.73 Å². The molecule has 3 aromatic rings. The van der Waals surface area contributed by atoms with Gasteiger partial charge < -0.3 is 16.2 Å². The molecule has 0 bridgehead atoms. The maximum Gasteiger partial charge on any atom is 0.337 e. The lowest BCUT2D eigenvalue weighted by atomic mass is 10.1. The summed E-state index contributed by atoms with van der Waals surface area (Å²) >= 11 is 0. The minimum atomic E-state index is -1.02. The number of carboxylic acid groups (broad SMARTS) is 1. The Morgan fingerprint density at radius 3 is 2.36 bits per heavy atom. The van der Waals surface area contributed by atoms with E-state index in [-0.39, 0.29) is 5.56 Å². The number of aromatic carboxylic acids is 1. The van der Waals surface area contributed by atoms with Crippen LogP contribution in [-0.2, 0) is 0 Å². The van der Waals surface area contributed by atoms with Crippen LogP contribution in [0.5, 0.6) is 0 Å². The lowest BCUT2D eigenvalue weighted by Gasteiger charge is -2.12. The average molecular weight is 331 g/mol. The third kappa shape index (κ3) is 4.03. The molecule has 0 atom stereocenters. The molecule has 0 unspecified atom stereocenters. The first-order valence-electron chi connectivity index (χ1n) is 7.72. The zero-order valence-corrected chi connectivity index (χ0v) is 13.4. The summed E-state index contributed by atoms with van der Waals surface area (Å²) < 4.78 is 0. The maximum atomic E-state index is 11.4. The monoisotopic (exact) mass is 331 g/mol. The average Bonchev–Trinajstić information content (AvgIpc) is 2.62. The smallest absolute Gasteiger partial charge is 0.337 e. The highest BCUT2D eigenvalue weighted by Gasteiger charge is 2.11. The summed E-state index contributed by atoms with van der Waals surface area (Å²) in [6.45, 7) is 0. The van der Waals surface area contributed by atoms with Gasteiger partial charge in [-0.25, -0.2) is 9.79 Å². The molecule has 0 fully saturated rings. The topological polar surface area (TPSA) is 87.7 Å². The Morgan fingerprint density at radius 1 is 0.920 bits per heavy atom. The highest BCUT2D eigenvalue weighted by atomic mass is 16.4. The molecule has 4 N–H and O–H groups in total. The summed E-state index contributed by atoms with van der Waals surface area (Å²) in [6, 6.07) is 23.5. The Morgan fingerprint density at radius 2 is 1.64 bits per heavy atom. The van der Waals surface area contributed by atoms with Gasteiger partial charge in [0.15, 0.2) is 0 Å². The van der Waals surface area contributed by atoms with Crippen molar-refractivity contribution < 1.29 is 9.90 Å². The van der Waals surface area contributed by atoms with E-state index >= 15 is 0 Å². The van der Waals surface area contributed by atoms with Crippen LogP contribution in [0.2, 0.25) is 0 Å². The number of amidine groups is 1. The van der Waals surface area contributed by atoms with Crippen molar-refractivity contribution in [3.8, 4) is 0 Å². The second-order valence-electron chi connectivity index (χ2n) is 5.40. The molecule has 25 heavy (non-hydrogen) atoms. The number of nitrogen functional groups attached to an aromatic ring is 1. The summed E-state index contributed by atoms with van der Waals surface area (Å²) in [6.07, 6.45) is 0. The minimum Gasteiger partial charge on any atom is -0.478 e. The normalized spacial score (nSPS) is 11.1. The Balaban J connectivity index is 2.09. The van der Waals surface area contributed by atoms with Crippen LogP contribution in [0.4, 0.5) is 17.1 Å². The van der Waals surface area contributed by atoms with E-state index in [1.54, 1.807) is 30.3 Å². The van der Waals surface area contributed by atoms with Crippen molar-refractivity contribution in [2.75, 3.05) is 11.1 Å². The van der Waals surface area contributed by atoms with Crippen molar-refractivity contribution in [1.29, 1.82) is 0 Å². The van der Waals surface area contributed by atoms with Gasteiger partial charge in [-0.05, 0) is 36.4 Å². The fraction of sp³-hybridized carbons (Fsp3) is 0. The van der Waals surface area contributed by atoms with Gasteiger partial charge in [0.25, 0.3) is 0 Å². The molecule has 0 saturated heterocycles. The third-order valence-corrected chi connectivity index (χ3v) is 3.56. The van der Waals surface area contributed by atoms with Crippen molar-refractivity contribution in [3.63, 3.8) is 0 Å². The van der Waals surface area contributed by atoms with E-state index in [9.17, 15) is 9.90 Å². The molecule has 5 heteroatoms. The predicted octanol–water partition coefficient (Wildman–Crippen LogP) is 4.16. The van der Waals surface area contributed by atoms with Gasteiger partial charge in [-0.1, -0.05) is 42.5 Å². The summed E-state index contributed by atoms with van der Waals surface area (Å²) in [5.41, 5.74) is 8.61. The van der Waals surface area contributed by atoms with E-state index in [0.29, 0.717) is 17.2 Å². The molecule has 0 heterocycles. The largest absolute Gasteiger partial charge is 0.478 e. The second kappa shape index (κ2) is 7.31. The van der Waals surface area contributed by atoms with Gasteiger partial charge in [0.2, 0.25) is 0 Å². The van der Waals surface area contributed by atoms with Crippen molar-refractivity contribution in [2.45, 2.75) is 0 Å². The zero-order valence-electron chi connectivity index (χ0n) is 13.4. The van der Waals surface area contributed by atoms with E-state index in [2.05, 4.69) is 10.3 Å². The number of nitrogens with zero attached hydrogens (tertiary/aromatic N) is 1. The molecule has 3 aromatic carbocycles. The van der Waals surface area contributed by atoms with E-state index < -0.39 is 5.97 Å². The van der Waals surface area contributed by atoms with Crippen molar-refractivity contribution >= 4 is 28.9 Å². The molecule has 0 radical (unpaired) electrons. The fourth-order valence-corrected chi connectivity index (χ4v) is 2.38. The number of para-hydroxylation sites is 2. The first kappa shape index (κ1) is 16.3. The number of hydrogen-bond acceptors (Lipinski definition) is 3. The summed E-state index contributed by atoms with van der Waals surface area (Å²) in [5.74, 6) is -0.502. The highest BCUT2D eigenvalue weighted by Crippen LogP contribution is 2.21. The van der Waals surface area contributed by atoms with Crippen LogP contribution < -0.4 is 11.1 Å². The van der Waals surface area contributed by atoms with Crippen molar-refractivity contribution in [2.24, 2.45) is 4.99 Å². The number of anilines is 2. The molecule has 0 spiro atoms. The number of benzene rings is 3. The first-order chi connectivity index (χ1) is 12.1. The molecule has 124 valence electrons. The molecule has 0 aliphatic carbocycles. The van der Waals surface area contributed by atoms with E-state index in [1.165, 1.54) is 6.07 Å². The second-order valence-corrected chi connectivity index (χ2v) is 5.40. The van der Waals surface area contributed by atoms with Crippen LogP contribution in [0.3, 0.4) is 0 Å². The Kier molecular flexibility index (Phi) is 4.76. The van der Waals surface area contributed by atoms with E-state index in [1.807, 2.05) is 42.5 Å². The molecular weight excluding hydrogens is 314 g/mol. The third-order valence-electron chi connectivity index (χ3n) is 3.56. The Hall–Kier alpha value is -3.60. The van der Waals surface area contributed by atoms with Crippen LogP contribution in [0.15, 0.2) is 83.9 Å². The fourth-order valence-electron chi connectivity index (χ4n) is 2.38. The molecular formula is C20H17N3O2. The van der Waals surface area contributed by atoms with Gasteiger partial charge >= 0.3 is 5.97 Å². The number of aliphatic imine (C=N–C) groups is 1. The lowest BCUT2D eigenvalue weighted by molar-refractivity contribution is 0.0698. The number of carboxylic acids is 1. The SMILES string of the molecule is Nc1cccc(C(=Nc2ccccc2C(=O)O)Nc2ccccc2)c1. The zero-order chi connectivity index (χ0) is 17.6. The van der Waals surface area contributed by atoms with Gasteiger partial charge in [0, 0.05) is 16.9 Å². The highest BCUT2D eigenvalue weighted by molar-refractivity contribution is 6.10. The maximum absolute atomic E-state index is 11.4. The number of nitrogens with two attached hydrogens (primary N) is 1. The van der Waals surface area contributed by atoms with Gasteiger partial charge in [-0.3, -0.25) is 0 Å². The lowest BCUT2D eigenvalue weighted by Crippen LogP contribution is -2.14. The van der Waals surface area contributed by atoms with Gasteiger partial charge in [-0.2, -0.15) is 0 Å². The van der Waals surface area contributed by atoms with Crippen LogP contribution in [0.25, 0.3) is 0 Å². The first-order valence-corrected chi connectivity index (χ1v) is 7.72. The summed E-state index contributed by atoms with van der Waals surface area (Å²) in [5, 5.41) is 12.6. The van der Waals surface area contributed by atoms with Gasteiger partial charge in [-0.15, -0.1) is 0 Å².